The predicted molar refractivity (Wildman–Crippen MR) is 114 cm³/mol. The molecule has 0 unspecified atom stereocenters. The number of Topliss-reactive ketones (excluding diaryl/α,β-unsaturated/α-hetero) is 1. The molecule has 0 saturated carbocycles. The molecular weight excluding hydrogens is 398 g/mol. The molecule has 0 spiro atoms. The number of amides is 2. The van der Waals surface area contributed by atoms with Crippen LogP contribution in [0.5, 0.6) is 0 Å². The van der Waals surface area contributed by atoms with Gasteiger partial charge in [-0.1, -0.05) is 30.4 Å². The van der Waals surface area contributed by atoms with Crippen LogP contribution >= 0.6 is 0 Å². The first kappa shape index (κ1) is 19.2. The van der Waals surface area contributed by atoms with Crippen molar-refractivity contribution in [2.45, 2.75) is 25.9 Å². The zero-order valence-electron chi connectivity index (χ0n) is 16.9. The molecule has 3 aliphatic rings. The average molecular weight is 417 g/mol. The molecule has 0 bridgehead atoms. The number of hydrogen-bond donors (Lipinski definition) is 0. The SMILES string of the molecule is CC(=O)[C@@H]1[C@@H]2C(=O)N(c3ccc([N+](=O)[O-])cc3C)C(=O)[C@H]2[C@@H]2C=Cc3ccccc3N12. The average Bonchev–Trinajstić information content (AvgIpc) is 3.21. The van der Waals surface area contributed by atoms with E-state index >= 15 is 0 Å². The van der Waals surface area contributed by atoms with Crippen molar-refractivity contribution in [3.8, 4) is 0 Å². The summed E-state index contributed by atoms with van der Waals surface area (Å²) >= 11 is 0. The first-order valence-electron chi connectivity index (χ1n) is 10.00. The fourth-order valence-corrected chi connectivity index (χ4v) is 5.21. The van der Waals surface area contributed by atoms with Crippen molar-refractivity contribution in [2.24, 2.45) is 11.8 Å². The molecule has 2 fully saturated rings. The summed E-state index contributed by atoms with van der Waals surface area (Å²) in [5.74, 6) is -2.49. The third-order valence-electron chi connectivity index (χ3n) is 6.46. The minimum absolute atomic E-state index is 0.111. The van der Waals surface area contributed by atoms with E-state index in [-0.39, 0.29) is 17.4 Å². The first-order valence-corrected chi connectivity index (χ1v) is 10.00. The van der Waals surface area contributed by atoms with Crippen molar-refractivity contribution in [1.29, 1.82) is 0 Å². The van der Waals surface area contributed by atoms with Crippen LogP contribution in [0.2, 0.25) is 0 Å². The van der Waals surface area contributed by atoms with E-state index in [9.17, 15) is 24.5 Å². The number of nitro benzene ring substituents is 1. The number of fused-ring (bicyclic) bond motifs is 5. The minimum Gasteiger partial charge on any atom is -0.353 e. The molecule has 0 radical (unpaired) electrons. The lowest BCUT2D eigenvalue weighted by Crippen LogP contribution is -2.48. The zero-order valence-corrected chi connectivity index (χ0v) is 16.9. The summed E-state index contributed by atoms with van der Waals surface area (Å²) in [5, 5.41) is 11.1. The Morgan fingerprint density at radius 2 is 1.74 bits per heavy atom. The highest BCUT2D eigenvalue weighted by Crippen LogP contribution is 2.49. The van der Waals surface area contributed by atoms with Crippen molar-refractivity contribution in [3.63, 3.8) is 0 Å². The molecule has 31 heavy (non-hydrogen) atoms. The molecule has 4 atom stereocenters. The third-order valence-corrected chi connectivity index (χ3v) is 6.46. The molecule has 8 heteroatoms. The summed E-state index contributed by atoms with van der Waals surface area (Å²) in [4.78, 5) is 53.3. The van der Waals surface area contributed by atoms with Gasteiger partial charge >= 0.3 is 0 Å². The lowest BCUT2D eigenvalue weighted by Gasteiger charge is -2.36. The van der Waals surface area contributed by atoms with Gasteiger partial charge in [-0.3, -0.25) is 24.5 Å². The lowest BCUT2D eigenvalue weighted by atomic mass is 9.88. The maximum absolute atomic E-state index is 13.5. The van der Waals surface area contributed by atoms with E-state index < -0.39 is 34.7 Å². The Balaban J connectivity index is 1.60. The summed E-state index contributed by atoms with van der Waals surface area (Å²) in [6.45, 7) is 3.07. The van der Waals surface area contributed by atoms with Crippen LogP contribution in [0.25, 0.3) is 6.08 Å². The normalized spacial score (nSPS) is 26.0. The predicted octanol–water partition coefficient (Wildman–Crippen LogP) is 2.88. The number of imide groups is 1. The largest absolute Gasteiger partial charge is 0.353 e. The fraction of sp³-hybridized carbons (Fsp3) is 0.261. The molecule has 2 aromatic carbocycles. The topological polar surface area (TPSA) is 101 Å². The smallest absolute Gasteiger partial charge is 0.269 e. The molecule has 156 valence electrons. The highest BCUT2D eigenvalue weighted by molar-refractivity contribution is 6.25. The molecule has 8 nitrogen and oxygen atoms in total. The van der Waals surface area contributed by atoms with Crippen molar-refractivity contribution in [1.82, 2.24) is 0 Å². The van der Waals surface area contributed by atoms with Gasteiger partial charge in [0, 0.05) is 17.8 Å². The van der Waals surface area contributed by atoms with Crippen LogP contribution in [0.3, 0.4) is 0 Å². The number of aryl methyl sites for hydroxylation is 1. The van der Waals surface area contributed by atoms with Crippen LogP contribution in [0.1, 0.15) is 18.1 Å². The van der Waals surface area contributed by atoms with Gasteiger partial charge in [-0.25, -0.2) is 4.90 Å². The number of nitro groups is 1. The van der Waals surface area contributed by atoms with Crippen LogP contribution in [0.4, 0.5) is 17.1 Å². The Morgan fingerprint density at radius 1 is 1.03 bits per heavy atom. The lowest BCUT2D eigenvalue weighted by molar-refractivity contribution is -0.384. The molecule has 5 rings (SSSR count). The van der Waals surface area contributed by atoms with E-state index in [0.29, 0.717) is 11.3 Å². The van der Waals surface area contributed by atoms with Crippen molar-refractivity contribution in [2.75, 3.05) is 9.80 Å². The standard InChI is InChI=1S/C23H19N3O5/c1-12-11-15(26(30)31)8-10-16(12)25-22(28)19-18-9-7-14-5-3-4-6-17(14)24(18)21(13(2)27)20(19)23(25)29/h3-11,18-21H,1-2H3/t18-,19-,20+,21+/m0/s1. The van der Waals surface area contributed by atoms with Crippen molar-refractivity contribution < 1.29 is 19.3 Å². The number of carbonyl (C=O) groups is 3. The number of benzene rings is 2. The first-order chi connectivity index (χ1) is 14.8. The van der Waals surface area contributed by atoms with E-state index in [1.54, 1.807) is 6.92 Å². The molecule has 0 aromatic heterocycles. The van der Waals surface area contributed by atoms with E-state index in [4.69, 9.17) is 0 Å². The Morgan fingerprint density at radius 3 is 2.42 bits per heavy atom. The van der Waals surface area contributed by atoms with Crippen LogP contribution in [-0.4, -0.2) is 34.6 Å². The van der Waals surface area contributed by atoms with Crippen LogP contribution in [0.15, 0.2) is 48.5 Å². The molecule has 0 N–H and O–H groups in total. The third kappa shape index (κ3) is 2.57. The van der Waals surface area contributed by atoms with E-state index in [2.05, 4.69) is 0 Å². The number of anilines is 2. The second-order valence-corrected chi connectivity index (χ2v) is 8.16. The van der Waals surface area contributed by atoms with E-state index in [1.165, 1.54) is 25.1 Å². The number of nitrogens with zero attached hydrogens (tertiary/aromatic N) is 3. The van der Waals surface area contributed by atoms with Gasteiger partial charge < -0.3 is 4.90 Å². The van der Waals surface area contributed by atoms with E-state index in [1.807, 2.05) is 41.3 Å². The second-order valence-electron chi connectivity index (χ2n) is 8.16. The molecule has 0 aliphatic carbocycles. The molecule has 3 aliphatic heterocycles. The zero-order chi connectivity index (χ0) is 22.0. The van der Waals surface area contributed by atoms with Gasteiger partial charge in [0.2, 0.25) is 11.8 Å². The highest BCUT2D eigenvalue weighted by atomic mass is 16.6. The second kappa shape index (κ2) is 6.60. The molecular formula is C23H19N3O5. The van der Waals surface area contributed by atoms with Crippen molar-refractivity contribution in [3.05, 3.63) is 69.8 Å². The quantitative estimate of drug-likeness (QED) is 0.432. The number of hydrogen-bond acceptors (Lipinski definition) is 6. The monoisotopic (exact) mass is 417 g/mol. The Labute approximate surface area is 177 Å². The van der Waals surface area contributed by atoms with Crippen LogP contribution < -0.4 is 9.80 Å². The number of para-hydroxylation sites is 1. The summed E-state index contributed by atoms with van der Waals surface area (Å²) in [6, 6.07) is 10.5. The van der Waals surface area contributed by atoms with Crippen molar-refractivity contribution >= 4 is 40.7 Å². The number of non-ortho nitro benzene ring substituents is 1. The van der Waals surface area contributed by atoms with Gasteiger partial charge in [-0.05, 0) is 37.1 Å². The van der Waals surface area contributed by atoms with Crippen LogP contribution in [0, 0.1) is 28.9 Å². The number of rotatable bonds is 3. The van der Waals surface area contributed by atoms with Gasteiger partial charge in [0.1, 0.15) is 6.04 Å². The Kier molecular flexibility index (Phi) is 4.08. The fourth-order valence-electron chi connectivity index (χ4n) is 5.21. The Bertz CT molecular complexity index is 1200. The molecule has 2 aromatic rings. The summed E-state index contributed by atoms with van der Waals surface area (Å²) in [6.07, 6.45) is 3.81. The highest BCUT2D eigenvalue weighted by Gasteiger charge is 2.63. The summed E-state index contributed by atoms with van der Waals surface area (Å²) in [7, 11) is 0. The van der Waals surface area contributed by atoms with Gasteiger partial charge in [-0.15, -0.1) is 0 Å². The van der Waals surface area contributed by atoms with Gasteiger partial charge in [0.15, 0.2) is 5.78 Å². The minimum atomic E-state index is -0.805. The number of ketones is 1. The summed E-state index contributed by atoms with van der Waals surface area (Å²) in [5.41, 5.74) is 2.44. The Hall–Kier alpha value is -3.81. The van der Waals surface area contributed by atoms with Crippen LogP contribution in [-0.2, 0) is 14.4 Å². The molecule has 2 saturated heterocycles. The maximum atomic E-state index is 13.5. The summed E-state index contributed by atoms with van der Waals surface area (Å²) < 4.78 is 0. The molecule has 2 amide bonds. The van der Waals surface area contributed by atoms with Gasteiger partial charge in [-0.2, -0.15) is 0 Å². The van der Waals surface area contributed by atoms with Gasteiger partial charge in [0.05, 0.1) is 28.5 Å². The van der Waals surface area contributed by atoms with E-state index in [0.717, 1.165) is 16.2 Å². The maximum Gasteiger partial charge on any atom is 0.269 e. The van der Waals surface area contributed by atoms with Gasteiger partial charge in [0.25, 0.3) is 5.69 Å². The number of carbonyl (C=O) groups excluding carboxylic acids is 3. The molecule has 3 heterocycles.